The second kappa shape index (κ2) is 9.34. The third-order valence-corrected chi connectivity index (χ3v) is 7.25. The lowest BCUT2D eigenvalue weighted by atomic mass is 9.91. The van der Waals surface area contributed by atoms with Crippen LogP contribution in [-0.2, 0) is 0 Å². The SMILES string of the molecule is Cc1ccc(C(=O)[C@@H]([C@@H](c2cccs2)N2CCCCC2)N2CCCCC2)cc1. The van der Waals surface area contributed by atoms with Crippen LogP contribution in [0.15, 0.2) is 41.8 Å². The average molecular weight is 397 g/mol. The van der Waals surface area contributed by atoms with E-state index in [1.165, 1.54) is 49.0 Å². The molecular weight excluding hydrogens is 364 g/mol. The van der Waals surface area contributed by atoms with Crippen LogP contribution in [-0.4, -0.2) is 47.8 Å². The number of benzene rings is 1. The van der Waals surface area contributed by atoms with Gasteiger partial charge in [0, 0.05) is 10.4 Å². The first-order valence-corrected chi connectivity index (χ1v) is 11.7. The van der Waals surface area contributed by atoms with E-state index in [4.69, 9.17) is 0 Å². The van der Waals surface area contributed by atoms with E-state index in [9.17, 15) is 4.79 Å². The maximum absolute atomic E-state index is 13.9. The number of rotatable bonds is 6. The van der Waals surface area contributed by atoms with Crippen molar-refractivity contribution in [2.45, 2.75) is 57.5 Å². The molecule has 0 N–H and O–H groups in total. The maximum atomic E-state index is 13.9. The minimum atomic E-state index is -0.0836. The first-order valence-electron chi connectivity index (χ1n) is 10.9. The highest BCUT2D eigenvalue weighted by molar-refractivity contribution is 7.10. The second-order valence-corrected chi connectivity index (χ2v) is 9.31. The highest BCUT2D eigenvalue weighted by Gasteiger charge is 2.39. The number of carbonyl (C=O) groups excluding carboxylic acids is 1. The zero-order chi connectivity index (χ0) is 19.3. The molecule has 28 heavy (non-hydrogen) atoms. The molecule has 3 nitrogen and oxygen atoms in total. The Morgan fingerprint density at radius 2 is 1.46 bits per heavy atom. The molecule has 0 spiro atoms. The molecule has 2 aliphatic heterocycles. The van der Waals surface area contributed by atoms with Crippen LogP contribution in [0.2, 0.25) is 0 Å². The number of nitrogens with zero attached hydrogens (tertiary/aromatic N) is 2. The van der Waals surface area contributed by atoms with Gasteiger partial charge in [-0.1, -0.05) is 48.7 Å². The molecule has 2 fully saturated rings. The van der Waals surface area contributed by atoms with E-state index in [2.05, 4.69) is 46.4 Å². The summed E-state index contributed by atoms with van der Waals surface area (Å²) in [6, 6.07) is 12.7. The molecule has 0 saturated carbocycles. The summed E-state index contributed by atoms with van der Waals surface area (Å²) >= 11 is 1.81. The normalized spacial score (nSPS) is 21.3. The number of likely N-dealkylation sites (tertiary alicyclic amines) is 2. The van der Waals surface area contributed by atoms with Crippen molar-refractivity contribution in [2.24, 2.45) is 0 Å². The number of hydrogen-bond acceptors (Lipinski definition) is 4. The third-order valence-electron chi connectivity index (χ3n) is 6.31. The van der Waals surface area contributed by atoms with Gasteiger partial charge in [0.05, 0.1) is 12.1 Å². The topological polar surface area (TPSA) is 23.6 Å². The molecule has 0 radical (unpaired) electrons. The quantitative estimate of drug-likeness (QED) is 0.617. The summed E-state index contributed by atoms with van der Waals surface area (Å²) in [5.41, 5.74) is 2.07. The van der Waals surface area contributed by atoms with Crippen molar-refractivity contribution in [3.05, 3.63) is 57.8 Å². The Labute approximate surface area is 173 Å². The van der Waals surface area contributed by atoms with Gasteiger partial charge in [0.25, 0.3) is 0 Å². The van der Waals surface area contributed by atoms with Gasteiger partial charge in [0.2, 0.25) is 0 Å². The van der Waals surface area contributed by atoms with Gasteiger partial charge in [0.15, 0.2) is 5.78 Å². The zero-order valence-electron chi connectivity index (χ0n) is 17.0. The van der Waals surface area contributed by atoms with Crippen LogP contribution in [0.1, 0.15) is 65.4 Å². The zero-order valence-corrected chi connectivity index (χ0v) is 17.8. The van der Waals surface area contributed by atoms with E-state index >= 15 is 0 Å². The lowest BCUT2D eigenvalue weighted by Crippen LogP contribution is -2.53. The van der Waals surface area contributed by atoms with Crippen LogP contribution >= 0.6 is 11.3 Å². The summed E-state index contributed by atoms with van der Waals surface area (Å²) in [6.07, 6.45) is 7.49. The Kier molecular flexibility index (Phi) is 6.61. The van der Waals surface area contributed by atoms with Crippen LogP contribution in [0.5, 0.6) is 0 Å². The molecule has 2 aliphatic rings. The molecule has 150 valence electrons. The highest BCUT2D eigenvalue weighted by Crippen LogP contribution is 2.35. The Morgan fingerprint density at radius 1 is 0.857 bits per heavy atom. The van der Waals surface area contributed by atoms with E-state index in [1.54, 1.807) is 0 Å². The smallest absolute Gasteiger partial charge is 0.181 e. The van der Waals surface area contributed by atoms with Crippen LogP contribution in [0.4, 0.5) is 0 Å². The number of thiophene rings is 1. The number of Topliss-reactive ketones (excluding diaryl/α,β-unsaturated/α-hetero) is 1. The number of aryl methyl sites for hydroxylation is 1. The summed E-state index contributed by atoms with van der Waals surface area (Å²) < 4.78 is 0. The minimum absolute atomic E-state index is 0.0836. The Morgan fingerprint density at radius 3 is 2.04 bits per heavy atom. The molecule has 2 saturated heterocycles. The summed E-state index contributed by atoms with van der Waals surface area (Å²) in [4.78, 5) is 20.3. The van der Waals surface area contributed by atoms with Gasteiger partial charge in [-0.15, -0.1) is 11.3 Å². The number of ketones is 1. The summed E-state index contributed by atoms with van der Waals surface area (Å²) in [6.45, 7) is 6.37. The maximum Gasteiger partial charge on any atom is 0.181 e. The van der Waals surface area contributed by atoms with Crippen molar-refractivity contribution >= 4 is 17.1 Å². The second-order valence-electron chi connectivity index (χ2n) is 8.33. The fourth-order valence-electron chi connectivity index (χ4n) is 4.79. The van der Waals surface area contributed by atoms with E-state index in [0.717, 1.165) is 31.7 Å². The molecule has 1 aromatic carbocycles. The Bertz CT molecular complexity index is 743. The lowest BCUT2D eigenvalue weighted by Gasteiger charge is -2.44. The summed E-state index contributed by atoms with van der Waals surface area (Å²) in [5, 5.41) is 2.16. The molecule has 3 heterocycles. The van der Waals surface area contributed by atoms with Crippen molar-refractivity contribution in [3.63, 3.8) is 0 Å². The molecule has 1 aromatic heterocycles. The monoisotopic (exact) mass is 396 g/mol. The molecule has 2 aromatic rings. The van der Waals surface area contributed by atoms with Gasteiger partial charge in [-0.3, -0.25) is 14.6 Å². The van der Waals surface area contributed by atoms with Gasteiger partial charge < -0.3 is 0 Å². The average Bonchev–Trinajstić information content (AvgIpc) is 3.27. The molecule has 0 amide bonds. The lowest BCUT2D eigenvalue weighted by molar-refractivity contribution is 0.0435. The third kappa shape index (κ3) is 4.40. The van der Waals surface area contributed by atoms with Crippen LogP contribution in [0.25, 0.3) is 0 Å². The van der Waals surface area contributed by atoms with Crippen molar-refractivity contribution in [3.8, 4) is 0 Å². The number of hydrogen-bond donors (Lipinski definition) is 0. The molecular formula is C24H32N2OS. The van der Waals surface area contributed by atoms with Crippen LogP contribution < -0.4 is 0 Å². The molecule has 0 unspecified atom stereocenters. The highest BCUT2D eigenvalue weighted by atomic mass is 32.1. The van der Waals surface area contributed by atoms with Crippen molar-refractivity contribution < 1.29 is 4.79 Å². The minimum Gasteiger partial charge on any atom is -0.294 e. The Hall–Kier alpha value is -1.49. The summed E-state index contributed by atoms with van der Waals surface area (Å²) in [7, 11) is 0. The summed E-state index contributed by atoms with van der Waals surface area (Å²) in [5.74, 6) is 0.297. The predicted octanol–water partition coefficient (Wildman–Crippen LogP) is 5.32. The van der Waals surface area contributed by atoms with Gasteiger partial charge in [0.1, 0.15) is 0 Å². The first-order chi connectivity index (χ1) is 13.7. The van der Waals surface area contributed by atoms with Crippen LogP contribution in [0, 0.1) is 6.92 Å². The van der Waals surface area contributed by atoms with Gasteiger partial charge in [-0.2, -0.15) is 0 Å². The van der Waals surface area contributed by atoms with Crippen molar-refractivity contribution in [1.82, 2.24) is 9.80 Å². The van der Waals surface area contributed by atoms with E-state index in [1.807, 2.05) is 23.5 Å². The molecule has 0 aliphatic carbocycles. The molecule has 4 rings (SSSR count). The van der Waals surface area contributed by atoms with Crippen LogP contribution in [0.3, 0.4) is 0 Å². The van der Waals surface area contributed by atoms with Crippen molar-refractivity contribution in [2.75, 3.05) is 26.2 Å². The van der Waals surface area contributed by atoms with E-state index in [0.29, 0.717) is 5.78 Å². The standard InChI is InChI=1S/C24H32N2OS/c1-19-10-12-20(13-11-19)24(27)23(26-16-6-3-7-17-26)22(21-9-8-18-28-21)25-14-4-2-5-15-25/h8-13,18,22-23H,2-7,14-17H2,1H3/t22-,23-/m1/s1. The molecule has 2 atom stereocenters. The largest absolute Gasteiger partial charge is 0.294 e. The fourth-order valence-corrected chi connectivity index (χ4v) is 5.67. The van der Waals surface area contributed by atoms with Gasteiger partial charge in [-0.05, 0) is 70.2 Å². The number of piperidine rings is 2. The van der Waals surface area contributed by atoms with Gasteiger partial charge >= 0.3 is 0 Å². The molecule has 0 bridgehead atoms. The first kappa shape index (κ1) is 19.8. The fraction of sp³-hybridized carbons (Fsp3) is 0.542. The predicted molar refractivity (Wildman–Crippen MR) is 117 cm³/mol. The van der Waals surface area contributed by atoms with E-state index < -0.39 is 0 Å². The molecule has 4 heteroatoms. The van der Waals surface area contributed by atoms with E-state index in [-0.39, 0.29) is 12.1 Å². The Balaban J connectivity index is 1.72. The number of carbonyl (C=O) groups is 1. The van der Waals surface area contributed by atoms with Gasteiger partial charge in [-0.25, -0.2) is 0 Å². The van der Waals surface area contributed by atoms with Crippen molar-refractivity contribution in [1.29, 1.82) is 0 Å².